The molecular weight excluding hydrogens is 270 g/mol. The molecule has 0 amide bonds. The normalized spacial score (nSPS) is 12.6. The van der Waals surface area contributed by atoms with Crippen molar-refractivity contribution in [1.29, 1.82) is 0 Å². The molecule has 0 saturated carbocycles. The van der Waals surface area contributed by atoms with Gasteiger partial charge in [-0.25, -0.2) is 0 Å². The number of thioether (sulfide) groups is 1. The van der Waals surface area contributed by atoms with Gasteiger partial charge in [0.15, 0.2) is 5.82 Å². The van der Waals surface area contributed by atoms with E-state index in [-0.39, 0.29) is 6.04 Å². The Bertz CT molecular complexity index is 541. The maximum Gasteiger partial charge on any atom is 0.243 e. The Morgan fingerprint density at radius 2 is 2.15 bits per heavy atom. The predicted octanol–water partition coefficient (Wildman–Crippen LogP) is 3.86. The van der Waals surface area contributed by atoms with Crippen LogP contribution in [-0.4, -0.2) is 10.1 Å². The van der Waals surface area contributed by atoms with Crippen LogP contribution in [0.4, 0.5) is 0 Å². The van der Waals surface area contributed by atoms with Crippen LogP contribution in [0.2, 0.25) is 0 Å². The molecule has 0 saturated heterocycles. The lowest BCUT2D eigenvalue weighted by Gasteiger charge is -2.04. The zero-order valence-electron chi connectivity index (χ0n) is 12.0. The first kappa shape index (κ1) is 15.1. The Morgan fingerprint density at radius 3 is 2.90 bits per heavy atom. The highest BCUT2D eigenvalue weighted by atomic mass is 32.2. The minimum absolute atomic E-state index is 0.139. The molecule has 108 valence electrons. The summed E-state index contributed by atoms with van der Waals surface area (Å²) in [4.78, 5) is 5.63. The molecule has 1 aromatic heterocycles. The Kier molecular flexibility index (Phi) is 5.61. The molecule has 0 fully saturated rings. The lowest BCUT2D eigenvalue weighted by atomic mass is 10.1. The predicted molar refractivity (Wildman–Crippen MR) is 81.5 cm³/mol. The number of nitrogens with zero attached hydrogens (tertiary/aromatic N) is 2. The smallest absolute Gasteiger partial charge is 0.243 e. The second-order valence-electron chi connectivity index (χ2n) is 4.85. The summed E-state index contributed by atoms with van der Waals surface area (Å²) in [7, 11) is 0. The molecule has 0 aliphatic carbocycles. The number of benzene rings is 1. The van der Waals surface area contributed by atoms with Gasteiger partial charge in [-0.3, -0.25) is 0 Å². The second kappa shape index (κ2) is 7.45. The molecule has 0 spiro atoms. The van der Waals surface area contributed by atoms with Gasteiger partial charge in [0.05, 0.1) is 11.8 Å². The topological polar surface area (TPSA) is 64.9 Å². The molecule has 2 rings (SSSR count). The van der Waals surface area contributed by atoms with Crippen molar-refractivity contribution < 1.29 is 4.52 Å². The lowest BCUT2D eigenvalue weighted by Crippen LogP contribution is -2.10. The molecule has 20 heavy (non-hydrogen) atoms. The Morgan fingerprint density at radius 1 is 1.35 bits per heavy atom. The van der Waals surface area contributed by atoms with Crippen LogP contribution in [0, 0.1) is 6.92 Å². The largest absolute Gasteiger partial charge is 0.338 e. The van der Waals surface area contributed by atoms with Crippen LogP contribution in [0.1, 0.15) is 49.5 Å². The number of rotatable bonds is 7. The summed E-state index contributed by atoms with van der Waals surface area (Å²) >= 11 is 1.72. The number of nitrogens with two attached hydrogens (primary N) is 1. The Hall–Kier alpha value is -1.33. The minimum atomic E-state index is -0.139. The average molecular weight is 291 g/mol. The van der Waals surface area contributed by atoms with E-state index < -0.39 is 0 Å². The minimum Gasteiger partial charge on any atom is -0.338 e. The monoisotopic (exact) mass is 291 g/mol. The van der Waals surface area contributed by atoms with Gasteiger partial charge in [0, 0.05) is 4.90 Å². The van der Waals surface area contributed by atoms with Gasteiger partial charge in [0.1, 0.15) is 0 Å². The summed E-state index contributed by atoms with van der Waals surface area (Å²) in [6, 6.07) is 8.15. The van der Waals surface area contributed by atoms with E-state index in [1.165, 1.54) is 10.5 Å². The SMILES string of the molecule is CCCC[C@H](N)c1nc(CSc2ccccc2C)no1. The van der Waals surface area contributed by atoms with Crippen molar-refractivity contribution in [2.45, 2.75) is 49.8 Å². The molecule has 0 radical (unpaired) electrons. The number of aryl methyl sites for hydroxylation is 1. The summed E-state index contributed by atoms with van der Waals surface area (Å²) in [5, 5.41) is 4.00. The molecule has 4 nitrogen and oxygen atoms in total. The van der Waals surface area contributed by atoms with Crippen LogP contribution >= 0.6 is 11.8 Å². The van der Waals surface area contributed by atoms with Gasteiger partial charge in [-0.1, -0.05) is 43.1 Å². The van der Waals surface area contributed by atoms with E-state index in [1.807, 2.05) is 12.1 Å². The first-order valence-electron chi connectivity index (χ1n) is 6.97. The number of hydrogen-bond acceptors (Lipinski definition) is 5. The molecule has 0 aliphatic rings. The van der Waals surface area contributed by atoms with Gasteiger partial charge >= 0.3 is 0 Å². The molecule has 5 heteroatoms. The van der Waals surface area contributed by atoms with Gasteiger partial charge < -0.3 is 10.3 Å². The third kappa shape index (κ3) is 4.08. The van der Waals surface area contributed by atoms with E-state index in [1.54, 1.807) is 11.8 Å². The highest BCUT2D eigenvalue weighted by Gasteiger charge is 2.14. The van der Waals surface area contributed by atoms with Crippen LogP contribution in [0.5, 0.6) is 0 Å². The van der Waals surface area contributed by atoms with Crippen molar-refractivity contribution in [3.8, 4) is 0 Å². The zero-order valence-corrected chi connectivity index (χ0v) is 12.8. The van der Waals surface area contributed by atoms with Crippen molar-refractivity contribution in [1.82, 2.24) is 10.1 Å². The summed E-state index contributed by atoms with van der Waals surface area (Å²) < 4.78 is 5.24. The maximum atomic E-state index is 6.02. The van der Waals surface area contributed by atoms with E-state index in [0.29, 0.717) is 17.5 Å². The molecular formula is C15H21N3OS. The van der Waals surface area contributed by atoms with Crippen LogP contribution in [0.3, 0.4) is 0 Å². The van der Waals surface area contributed by atoms with Crippen molar-refractivity contribution in [3.63, 3.8) is 0 Å². The standard InChI is InChI=1S/C15H21N3OS/c1-3-4-8-12(16)15-17-14(18-19-15)10-20-13-9-6-5-7-11(13)2/h5-7,9,12H,3-4,8,10,16H2,1-2H3/t12-/m0/s1. The summed E-state index contributed by atoms with van der Waals surface area (Å²) in [5.74, 6) is 1.97. The van der Waals surface area contributed by atoms with Crippen molar-refractivity contribution >= 4 is 11.8 Å². The molecule has 0 aliphatic heterocycles. The molecule has 0 unspecified atom stereocenters. The molecule has 0 bridgehead atoms. The van der Waals surface area contributed by atoms with Crippen LogP contribution < -0.4 is 5.73 Å². The third-order valence-electron chi connectivity index (χ3n) is 3.12. The summed E-state index contributed by atoms with van der Waals surface area (Å²) in [6.07, 6.45) is 3.09. The summed E-state index contributed by atoms with van der Waals surface area (Å²) in [6.45, 7) is 4.25. The lowest BCUT2D eigenvalue weighted by molar-refractivity contribution is 0.343. The fourth-order valence-corrected chi connectivity index (χ4v) is 2.76. The zero-order chi connectivity index (χ0) is 14.4. The van der Waals surface area contributed by atoms with Crippen molar-refractivity contribution in [2.24, 2.45) is 5.73 Å². The van der Waals surface area contributed by atoms with Crippen LogP contribution in [0.25, 0.3) is 0 Å². The average Bonchev–Trinajstić information content (AvgIpc) is 2.93. The molecule has 2 aromatic rings. The molecule has 1 heterocycles. The Labute approximate surface area is 124 Å². The van der Waals surface area contributed by atoms with Crippen LogP contribution in [0.15, 0.2) is 33.7 Å². The molecule has 2 N–H and O–H groups in total. The number of unbranched alkanes of at least 4 members (excludes halogenated alkanes) is 1. The van der Waals surface area contributed by atoms with E-state index >= 15 is 0 Å². The fraction of sp³-hybridized carbons (Fsp3) is 0.467. The fourth-order valence-electron chi connectivity index (χ4n) is 1.88. The quantitative estimate of drug-likeness (QED) is 0.785. The first-order chi connectivity index (χ1) is 9.70. The van der Waals surface area contributed by atoms with Gasteiger partial charge in [-0.05, 0) is 25.0 Å². The molecule has 1 atom stereocenters. The molecule has 1 aromatic carbocycles. The highest BCUT2D eigenvalue weighted by Crippen LogP contribution is 2.25. The second-order valence-corrected chi connectivity index (χ2v) is 5.87. The van der Waals surface area contributed by atoms with Gasteiger partial charge in [0.2, 0.25) is 5.89 Å². The Balaban J connectivity index is 1.91. The van der Waals surface area contributed by atoms with Gasteiger partial charge in [-0.2, -0.15) is 4.98 Å². The van der Waals surface area contributed by atoms with Gasteiger partial charge in [-0.15, -0.1) is 11.8 Å². The van der Waals surface area contributed by atoms with Gasteiger partial charge in [0.25, 0.3) is 0 Å². The maximum absolute atomic E-state index is 6.02. The van der Waals surface area contributed by atoms with Crippen molar-refractivity contribution in [2.75, 3.05) is 0 Å². The van der Waals surface area contributed by atoms with E-state index in [9.17, 15) is 0 Å². The highest BCUT2D eigenvalue weighted by molar-refractivity contribution is 7.98. The first-order valence-corrected chi connectivity index (χ1v) is 7.95. The number of hydrogen-bond donors (Lipinski definition) is 1. The summed E-state index contributed by atoms with van der Waals surface area (Å²) in [5.41, 5.74) is 7.29. The third-order valence-corrected chi connectivity index (χ3v) is 4.29. The van der Waals surface area contributed by atoms with E-state index in [4.69, 9.17) is 10.3 Å². The number of aromatic nitrogens is 2. The van der Waals surface area contributed by atoms with E-state index in [0.717, 1.165) is 19.3 Å². The van der Waals surface area contributed by atoms with Crippen LogP contribution in [-0.2, 0) is 5.75 Å². The van der Waals surface area contributed by atoms with Crippen molar-refractivity contribution in [3.05, 3.63) is 41.5 Å². The van der Waals surface area contributed by atoms with E-state index in [2.05, 4.69) is 36.1 Å².